The summed E-state index contributed by atoms with van der Waals surface area (Å²) >= 11 is 0. The Labute approximate surface area is 209 Å². The van der Waals surface area contributed by atoms with Gasteiger partial charge in [-0.25, -0.2) is 8.42 Å². The number of amides is 1. The number of nitrogens with two attached hydrogens (primary N) is 1. The average molecular weight is 527 g/mol. The van der Waals surface area contributed by atoms with E-state index in [2.05, 4.69) is 4.72 Å². The largest absolute Gasteiger partial charge is 0.417 e. The lowest BCUT2D eigenvalue weighted by Crippen LogP contribution is -2.59. The Bertz CT molecular complexity index is 1140. The zero-order valence-corrected chi connectivity index (χ0v) is 21.0. The van der Waals surface area contributed by atoms with E-state index < -0.39 is 37.6 Å². The minimum absolute atomic E-state index is 0.0484. The average Bonchev–Trinajstić information content (AvgIpc) is 2.80. The molecule has 2 atom stereocenters. The van der Waals surface area contributed by atoms with E-state index in [1.165, 1.54) is 6.07 Å². The summed E-state index contributed by atoms with van der Waals surface area (Å²) in [5, 5.41) is 0. The number of benzene rings is 1. The lowest BCUT2D eigenvalue weighted by Gasteiger charge is -2.59. The fraction of sp³-hybridized carbons (Fsp3) is 0.692. The first-order valence-corrected chi connectivity index (χ1v) is 14.4. The van der Waals surface area contributed by atoms with Crippen molar-refractivity contribution in [1.29, 1.82) is 0 Å². The molecular formula is C26H33F3N2O4S. The summed E-state index contributed by atoms with van der Waals surface area (Å²) in [7, 11) is -4.61. The van der Waals surface area contributed by atoms with Crippen molar-refractivity contribution in [2.24, 2.45) is 34.8 Å². The van der Waals surface area contributed by atoms with Crippen LogP contribution in [0.4, 0.5) is 13.2 Å². The highest BCUT2D eigenvalue weighted by Gasteiger charge is 2.58. The molecule has 0 aliphatic heterocycles. The third-order valence-electron chi connectivity index (χ3n) is 9.46. The molecule has 5 saturated carbocycles. The van der Waals surface area contributed by atoms with Crippen LogP contribution in [0.1, 0.15) is 76.2 Å². The standard InChI is InChI=1S/C26H33F3N2O4S/c27-26(28,29)20-6-2-3-7-21(20)36(34,35)31-25(8-4-1-5-9-25)22(32)12-19-17-10-16-11-18(19)15-24(13-16,14-17)23(30)33/h2-3,6-7,16-19,31H,1,4-5,8-15H2,(H2,30,33). The normalized spacial score (nSPS) is 33.4. The van der Waals surface area contributed by atoms with Gasteiger partial charge in [0.2, 0.25) is 15.9 Å². The first kappa shape index (κ1) is 25.7. The number of Topliss-reactive ketones (excluding diaryl/α,β-unsaturated/α-hetero) is 1. The number of primary amides is 1. The maximum absolute atomic E-state index is 13.9. The Kier molecular flexibility index (Phi) is 6.30. The lowest BCUT2D eigenvalue weighted by atomic mass is 9.45. The quantitative estimate of drug-likeness (QED) is 0.543. The fourth-order valence-corrected chi connectivity index (χ4v) is 9.69. The fourth-order valence-electron chi connectivity index (χ4n) is 8.01. The van der Waals surface area contributed by atoms with Crippen LogP contribution >= 0.6 is 0 Å². The number of ketones is 1. The van der Waals surface area contributed by atoms with E-state index in [0.717, 1.165) is 43.9 Å². The van der Waals surface area contributed by atoms with E-state index in [1.54, 1.807) is 0 Å². The van der Waals surface area contributed by atoms with Gasteiger partial charge in [-0.2, -0.15) is 17.9 Å². The van der Waals surface area contributed by atoms with Crippen molar-refractivity contribution in [3.63, 3.8) is 0 Å². The molecule has 10 heteroatoms. The summed E-state index contributed by atoms with van der Waals surface area (Å²) in [4.78, 5) is 25.3. The van der Waals surface area contributed by atoms with Crippen LogP contribution in [-0.4, -0.2) is 25.6 Å². The molecule has 36 heavy (non-hydrogen) atoms. The molecule has 1 amide bonds. The number of hydrogen-bond donors (Lipinski definition) is 2. The molecule has 3 N–H and O–H groups in total. The highest BCUT2D eigenvalue weighted by atomic mass is 32.2. The summed E-state index contributed by atoms with van der Waals surface area (Å²) in [6, 6.07) is 4.08. The van der Waals surface area contributed by atoms with Crippen molar-refractivity contribution in [2.45, 2.75) is 87.2 Å². The maximum atomic E-state index is 13.9. The van der Waals surface area contributed by atoms with Crippen molar-refractivity contribution >= 4 is 21.7 Å². The predicted octanol–water partition coefficient (Wildman–Crippen LogP) is 4.57. The minimum Gasteiger partial charge on any atom is -0.369 e. The number of rotatable bonds is 7. The third kappa shape index (κ3) is 4.38. The second-order valence-corrected chi connectivity index (χ2v) is 13.3. The molecule has 1 aromatic rings. The smallest absolute Gasteiger partial charge is 0.369 e. The van der Waals surface area contributed by atoms with Crippen molar-refractivity contribution in [2.75, 3.05) is 0 Å². The molecule has 4 bridgehead atoms. The summed E-state index contributed by atoms with van der Waals surface area (Å²) in [6.45, 7) is 0. The number of alkyl halides is 3. The van der Waals surface area contributed by atoms with Crippen molar-refractivity contribution in [1.82, 2.24) is 4.72 Å². The molecule has 0 aromatic heterocycles. The lowest BCUT2D eigenvalue weighted by molar-refractivity contribution is -0.152. The van der Waals surface area contributed by atoms with Crippen LogP contribution in [0.3, 0.4) is 0 Å². The van der Waals surface area contributed by atoms with Crippen LogP contribution in [0.25, 0.3) is 0 Å². The SMILES string of the molecule is NC(=O)C12CC3CC(C1)C(CC(=O)C1(NS(=O)(=O)c4ccccc4C(F)(F)F)CCCCC1)C(C3)C2. The highest BCUT2D eigenvalue weighted by molar-refractivity contribution is 7.89. The molecule has 6 nitrogen and oxygen atoms in total. The van der Waals surface area contributed by atoms with E-state index in [4.69, 9.17) is 5.73 Å². The zero-order chi connectivity index (χ0) is 25.9. The van der Waals surface area contributed by atoms with Crippen LogP contribution in [-0.2, 0) is 25.8 Å². The van der Waals surface area contributed by atoms with E-state index in [9.17, 15) is 31.2 Å². The van der Waals surface area contributed by atoms with Crippen LogP contribution in [0.15, 0.2) is 29.2 Å². The summed E-state index contributed by atoms with van der Waals surface area (Å²) in [5.41, 5.74) is 2.64. The molecule has 0 heterocycles. The number of carbonyl (C=O) groups is 2. The number of carbonyl (C=O) groups excluding carboxylic acids is 2. The van der Waals surface area contributed by atoms with Crippen LogP contribution < -0.4 is 10.5 Å². The van der Waals surface area contributed by atoms with Gasteiger partial charge in [-0.15, -0.1) is 0 Å². The van der Waals surface area contributed by atoms with E-state index in [0.29, 0.717) is 31.6 Å². The van der Waals surface area contributed by atoms with Crippen LogP contribution in [0, 0.1) is 29.1 Å². The molecule has 0 radical (unpaired) electrons. The second-order valence-electron chi connectivity index (χ2n) is 11.6. The van der Waals surface area contributed by atoms with Crippen LogP contribution in [0.5, 0.6) is 0 Å². The van der Waals surface area contributed by atoms with Gasteiger partial charge in [-0.05, 0) is 80.8 Å². The molecule has 5 aliphatic carbocycles. The van der Waals surface area contributed by atoms with Gasteiger partial charge in [-0.1, -0.05) is 31.4 Å². The topological polar surface area (TPSA) is 106 Å². The molecule has 5 aliphatic rings. The molecule has 6 rings (SSSR count). The van der Waals surface area contributed by atoms with Gasteiger partial charge < -0.3 is 5.73 Å². The van der Waals surface area contributed by atoms with E-state index in [-0.39, 0.29) is 48.7 Å². The van der Waals surface area contributed by atoms with Crippen molar-refractivity contribution in [3.8, 4) is 0 Å². The summed E-state index contributed by atoms with van der Waals surface area (Å²) in [5.74, 6) is 0.369. The number of nitrogens with one attached hydrogen (secondary N) is 1. The van der Waals surface area contributed by atoms with Crippen LogP contribution in [0.2, 0.25) is 0 Å². The molecule has 0 saturated heterocycles. The van der Waals surface area contributed by atoms with E-state index >= 15 is 0 Å². The maximum Gasteiger partial charge on any atom is 0.417 e. The monoisotopic (exact) mass is 526 g/mol. The second kappa shape index (κ2) is 8.82. The van der Waals surface area contributed by atoms with Crippen molar-refractivity contribution < 1.29 is 31.2 Å². The van der Waals surface area contributed by atoms with Gasteiger partial charge in [0.05, 0.1) is 16.0 Å². The van der Waals surface area contributed by atoms with E-state index in [1.807, 2.05) is 0 Å². The molecular weight excluding hydrogens is 493 g/mol. The van der Waals surface area contributed by atoms with Gasteiger partial charge in [0.15, 0.2) is 5.78 Å². The first-order valence-electron chi connectivity index (χ1n) is 12.9. The zero-order valence-electron chi connectivity index (χ0n) is 20.1. The van der Waals surface area contributed by atoms with Crippen molar-refractivity contribution in [3.05, 3.63) is 29.8 Å². The molecule has 0 spiro atoms. The summed E-state index contributed by atoms with van der Waals surface area (Å²) in [6.07, 6.45) is 2.03. The third-order valence-corrected chi connectivity index (χ3v) is 11.1. The minimum atomic E-state index is -4.84. The Balaban J connectivity index is 1.41. The summed E-state index contributed by atoms with van der Waals surface area (Å²) < 4.78 is 69.9. The molecule has 2 unspecified atom stereocenters. The Morgan fingerprint density at radius 2 is 1.61 bits per heavy atom. The van der Waals surface area contributed by atoms with Gasteiger partial charge >= 0.3 is 6.18 Å². The Morgan fingerprint density at radius 3 is 2.19 bits per heavy atom. The van der Waals surface area contributed by atoms with Gasteiger partial charge in [0.25, 0.3) is 0 Å². The molecule has 1 aromatic carbocycles. The Hall–Kier alpha value is -1.94. The first-order chi connectivity index (χ1) is 16.9. The van der Waals surface area contributed by atoms with Gasteiger partial charge in [-0.3, -0.25) is 9.59 Å². The van der Waals surface area contributed by atoms with Gasteiger partial charge in [0, 0.05) is 11.8 Å². The highest BCUT2D eigenvalue weighted by Crippen LogP contribution is 2.63. The Morgan fingerprint density at radius 1 is 1.00 bits per heavy atom. The number of sulfonamides is 1. The number of hydrogen-bond acceptors (Lipinski definition) is 4. The predicted molar refractivity (Wildman–Crippen MR) is 126 cm³/mol. The molecule has 5 fully saturated rings. The van der Waals surface area contributed by atoms with Gasteiger partial charge in [0.1, 0.15) is 0 Å². The number of halogens is 3. The molecule has 198 valence electrons.